The number of nitrogens with zero attached hydrogens (tertiary/aromatic N) is 4. The number of hydrogen-bond acceptors (Lipinski definition) is 6. The Morgan fingerprint density at radius 1 is 1.48 bits per heavy atom. The van der Waals surface area contributed by atoms with Crippen LogP contribution in [0, 0.1) is 11.3 Å². The summed E-state index contributed by atoms with van der Waals surface area (Å²) in [7, 11) is 0. The van der Waals surface area contributed by atoms with Gasteiger partial charge in [-0.05, 0) is 0 Å². The molecule has 2 N–H and O–H groups in total. The summed E-state index contributed by atoms with van der Waals surface area (Å²) in [5, 5.41) is 19.4. The summed E-state index contributed by atoms with van der Waals surface area (Å²) in [6.45, 7) is 4.06. The molecular formula is C18H17N5O2. The number of Topliss-reactive ketones (excluding diaryl/α,β-unsaturated/α-hetero) is 1. The Labute approximate surface area is 144 Å². The van der Waals surface area contributed by atoms with Gasteiger partial charge in [-0.2, -0.15) is 5.26 Å². The zero-order chi connectivity index (χ0) is 17.8. The topological polar surface area (TPSA) is 106 Å². The standard InChI is InChI=1S/C18H17N5O2/c1-18(2,5-6-19)17-21-12-8-20-16-11(15(12)22-17)7-14(25)23-9-10(24)3-4-13(16)23/h4,7-8,25H,3,5,9H2,1-2H3,(H,21,22). The van der Waals surface area contributed by atoms with Gasteiger partial charge in [-0.3, -0.25) is 9.78 Å². The summed E-state index contributed by atoms with van der Waals surface area (Å²) in [6, 6.07) is 2.19. The fourth-order valence-corrected chi connectivity index (χ4v) is 3.22. The second-order valence-electron chi connectivity index (χ2n) is 7.01. The van der Waals surface area contributed by atoms with Gasteiger partial charge in [0.15, 0.2) is 11.7 Å². The summed E-state index contributed by atoms with van der Waals surface area (Å²) in [4.78, 5) is 25.7. The molecule has 7 nitrogen and oxygen atoms in total. The molecule has 0 unspecified atom stereocenters. The largest absolute Gasteiger partial charge is 0.494 e. The number of aliphatic hydroxyl groups excluding tert-OH is 1. The Hall–Kier alpha value is -3.14. The SMILES string of the molecule is CC(C)(CC#N)c1nc2c3c(ncc2[nH]1)C1=CCC(=O)CN1C(O)=C3. The third kappa shape index (κ3) is 2.30. The van der Waals surface area contributed by atoms with Gasteiger partial charge in [0.2, 0.25) is 0 Å². The fourth-order valence-electron chi connectivity index (χ4n) is 3.22. The van der Waals surface area contributed by atoms with Crippen molar-refractivity contribution in [2.24, 2.45) is 0 Å². The number of rotatable bonds is 2. The van der Waals surface area contributed by atoms with E-state index in [-0.39, 0.29) is 18.2 Å². The van der Waals surface area contributed by atoms with Crippen molar-refractivity contribution in [1.82, 2.24) is 19.9 Å². The summed E-state index contributed by atoms with van der Waals surface area (Å²) < 4.78 is 0. The average Bonchev–Trinajstić information content (AvgIpc) is 3.01. The van der Waals surface area contributed by atoms with E-state index in [1.807, 2.05) is 13.8 Å². The van der Waals surface area contributed by atoms with E-state index in [0.717, 1.165) is 16.8 Å². The molecule has 0 aliphatic carbocycles. The Morgan fingerprint density at radius 2 is 2.28 bits per heavy atom. The van der Waals surface area contributed by atoms with Crippen molar-refractivity contribution in [2.45, 2.75) is 32.1 Å². The predicted octanol–water partition coefficient (Wildman–Crippen LogP) is 2.63. The molecule has 2 aromatic heterocycles. The minimum absolute atomic E-state index is 0.0157. The minimum Gasteiger partial charge on any atom is -0.494 e. The summed E-state index contributed by atoms with van der Waals surface area (Å²) >= 11 is 0. The first-order valence-corrected chi connectivity index (χ1v) is 8.07. The Kier molecular flexibility index (Phi) is 3.19. The molecule has 4 rings (SSSR count). The van der Waals surface area contributed by atoms with Crippen molar-refractivity contribution in [2.75, 3.05) is 6.54 Å². The third-order valence-electron chi connectivity index (χ3n) is 4.67. The molecule has 0 atom stereocenters. The normalized spacial score (nSPS) is 16.8. The molecule has 0 spiro atoms. The van der Waals surface area contributed by atoms with E-state index in [2.05, 4.69) is 21.0 Å². The molecule has 4 heterocycles. The number of pyridine rings is 1. The minimum atomic E-state index is -0.413. The average molecular weight is 335 g/mol. The number of nitrogens with one attached hydrogen (secondary N) is 1. The molecule has 0 fully saturated rings. The first kappa shape index (κ1) is 15.4. The number of carbonyl (C=O) groups is 1. The van der Waals surface area contributed by atoms with E-state index in [9.17, 15) is 9.90 Å². The van der Waals surface area contributed by atoms with Crippen LogP contribution in [0.3, 0.4) is 0 Å². The number of nitriles is 1. The van der Waals surface area contributed by atoms with Crippen LogP contribution in [0.2, 0.25) is 0 Å². The number of H-pyrrole nitrogens is 1. The molecule has 2 aliphatic heterocycles. The van der Waals surface area contributed by atoms with Crippen molar-refractivity contribution in [1.29, 1.82) is 5.26 Å². The van der Waals surface area contributed by atoms with Gasteiger partial charge in [0, 0.05) is 29.9 Å². The highest BCUT2D eigenvalue weighted by Crippen LogP contribution is 2.37. The highest BCUT2D eigenvalue weighted by molar-refractivity contribution is 5.95. The van der Waals surface area contributed by atoms with Gasteiger partial charge in [0.05, 0.1) is 41.2 Å². The van der Waals surface area contributed by atoms with E-state index in [1.54, 1.807) is 23.2 Å². The zero-order valence-corrected chi connectivity index (χ0v) is 14.0. The summed E-state index contributed by atoms with van der Waals surface area (Å²) in [6.07, 6.45) is 5.77. The fraction of sp³-hybridized carbons (Fsp3) is 0.333. The zero-order valence-electron chi connectivity index (χ0n) is 14.0. The van der Waals surface area contributed by atoms with Crippen molar-refractivity contribution in [3.8, 4) is 6.07 Å². The lowest BCUT2D eigenvalue weighted by Gasteiger charge is -2.32. The molecule has 0 radical (unpaired) electrons. The molecule has 25 heavy (non-hydrogen) atoms. The van der Waals surface area contributed by atoms with Gasteiger partial charge in [-0.1, -0.05) is 19.9 Å². The summed E-state index contributed by atoms with van der Waals surface area (Å²) in [5.74, 6) is 0.776. The number of imidazole rings is 1. The molecule has 126 valence electrons. The second kappa shape index (κ2) is 5.18. The second-order valence-corrected chi connectivity index (χ2v) is 7.01. The molecule has 0 aromatic carbocycles. The smallest absolute Gasteiger partial charge is 0.192 e. The number of fused-ring (bicyclic) bond motifs is 5. The molecule has 2 aromatic rings. The van der Waals surface area contributed by atoms with Crippen LogP contribution in [0.1, 0.15) is 43.8 Å². The number of ketones is 1. The van der Waals surface area contributed by atoms with Crippen LogP contribution in [-0.4, -0.2) is 37.3 Å². The molecule has 0 saturated carbocycles. The lowest BCUT2D eigenvalue weighted by molar-refractivity contribution is -0.119. The van der Waals surface area contributed by atoms with Gasteiger partial charge in [0.25, 0.3) is 0 Å². The van der Waals surface area contributed by atoms with E-state index in [1.165, 1.54) is 0 Å². The van der Waals surface area contributed by atoms with Crippen LogP contribution < -0.4 is 0 Å². The monoisotopic (exact) mass is 335 g/mol. The maximum atomic E-state index is 11.7. The van der Waals surface area contributed by atoms with Gasteiger partial charge in [-0.25, -0.2) is 4.98 Å². The van der Waals surface area contributed by atoms with E-state index in [0.29, 0.717) is 29.9 Å². The van der Waals surface area contributed by atoms with E-state index in [4.69, 9.17) is 5.26 Å². The lowest BCUT2D eigenvalue weighted by Crippen LogP contribution is -2.33. The highest BCUT2D eigenvalue weighted by Gasteiger charge is 2.31. The Bertz CT molecular complexity index is 1010. The van der Waals surface area contributed by atoms with Gasteiger partial charge >= 0.3 is 0 Å². The highest BCUT2D eigenvalue weighted by atomic mass is 16.3. The predicted molar refractivity (Wildman–Crippen MR) is 92.1 cm³/mol. The first-order chi connectivity index (χ1) is 11.9. The van der Waals surface area contributed by atoms with E-state index >= 15 is 0 Å². The van der Waals surface area contributed by atoms with Crippen LogP contribution in [-0.2, 0) is 10.2 Å². The molecule has 7 heteroatoms. The maximum absolute atomic E-state index is 11.7. The van der Waals surface area contributed by atoms with Crippen LogP contribution in [0.5, 0.6) is 0 Å². The number of aromatic nitrogens is 3. The number of aliphatic hydroxyl groups is 1. The molecule has 0 bridgehead atoms. The van der Waals surface area contributed by atoms with Gasteiger partial charge in [-0.15, -0.1) is 0 Å². The molecule has 2 aliphatic rings. The van der Waals surface area contributed by atoms with Crippen LogP contribution in [0.25, 0.3) is 22.8 Å². The van der Waals surface area contributed by atoms with Crippen LogP contribution in [0.15, 0.2) is 18.2 Å². The lowest BCUT2D eigenvalue weighted by atomic mass is 9.89. The summed E-state index contributed by atoms with van der Waals surface area (Å²) in [5.41, 5.74) is 3.21. The van der Waals surface area contributed by atoms with Crippen LogP contribution in [0.4, 0.5) is 0 Å². The van der Waals surface area contributed by atoms with Crippen LogP contribution >= 0.6 is 0 Å². The quantitative estimate of drug-likeness (QED) is 0.874. The van der Waals surface area contributed by atoms with Crippen molar-refractivity contribution in [3.05, 3.63) is 35.2 Å². The number of carbonyl (C=O) groups excluding carboxylic acids is 1. The maximum Gasteiger partial charge on any atom is 0.192 e. The van der Waals surface area contributed by atoms with Crippen molar-refractivity contribution >= 4 is 28.6 Å². The number of aromatic amines is 1. The van der Waals surface area contributed by atoms with Crippen molar-refractivity contribution in [3.63, 3.8) is 0 Å². The van der Waals surface area contributed by atoms with Gasteiger partial charge < -0.3 is 15.0 Å². The Morgan fingerprint density at radius 3 is 3.04 bits per heavy atom. The van der Waals surface area contributed by atoms with E-state index < -0.39 is 5.41 Å². The number of allylic oxidation sites excluding steroid dienone is 1. The number of hydrogen-bond donors (Lipinski definition) is 2. The Balaban J connectivity index is 1.91. The third-order valence-corrected chi connectivity index (χ3v) is 4.67. The first-order valence-electron chi connectivity index (χ1n) is 8.07. The molecular weight excluding hydrogens is 318 g/mol. The molecule has 0 amide bonds. The van der Waals surface area contributed by atoms with Crippen molar-refractivity contribution < 1.29 is 9.90 Å². The molecule has 0 saturated heterocycles. The van der Waals surface area contributed by atoms with Gasteiger partial charge in [0.1, 0.15) is 5.82 Å².